The smallest absolute Gasteiger partial charge is 0.317 e. The normalized spacial score (nSPS) is 10.9. The maximum Gasteiger partial charge on any atom is 0.317 e. The molecule has 106 valence electrons. The quantitative estimate of drug-likeness (QED) is 0.748. The first-order valence-electron chi connectivity index (χ1n) is 5.79. The van der Waals surface area contributed by atoms with Crippen molar-refractivity contribution in [1.29, 1.82) is 0 Å². The molecule has 1 heterocycles. The number of aliphatic carboxylic acids is 1. The SMILES string of the molecule is CCn1nc(C)c(Cl)c1CN(CC(N)=O)CC(=O)O. The number of carboxylic acids is 1. The van der Waals surface area contributed by atoms with Crippen molar-refractivity contribution in [3.63, 3.8) is 0 Å². The first-order chi connectivity index (χ1) is 8.85. The highest BCUT2D eigenvalue weighted by Crippen LogP contribution is 2.21. The maximum absolute atomic E-state index is 11.0. The van der Waals surface area contributed by atoms with Gasteiger partial charge in [0, 0.05) is 13.1 Å². The fourth-order valence-corrected chi connectivity index (χ4v) is 2.01. The number of nitrogens with zero attached hydrogens (tertiary/aromatic N) is 3. The number of nitrogens with two attached hydrogens (primary N) is 1. The summed E-state index contributed by atoms with van der Waals surface area (Å²) in [4.78, 5) is 23.2. The van der Waals surface area contributed by atoms with Gasteiger partial charge in [-0.1, -0.05) is 11.6 Å². The molecule has 0 atom stereocenters. The van der Waals surface area contributed by atoms with Crippen LogP contribution >= 0.6 is 11.6 Å². The Morgan fingerprint density at radius 1 is 1.47 bits per heavy atom. The molecule has 0 spiro atoms. The van der Waals surface area contributed by atoms with Crippen molar-refractivity contribution in [3.8, 4) is 0 Å². The van der Waals surface area contributed by atoms with Gasteiger partial charge < -0.3 is 10.8 Å². The number of carbonyl (C=O) groups excluding carboxylic acids is 1. The number of halogens is 1. The van der Waals surface area contributed by atoms with Crippen molar-refractivity contribution in [2.45, 2.75) is 26.9 Å². The third kappa shape index (κ3) is 4.22. The highest BCUT2D eigenvalue weighted by atomic mass is 35.5. The Morgan fingerprint density at radius 3 is 2.58 bits per heavy atom. The lowest BCUT2D eigenvalue weighted by Gasteiger charge is -2.19. The monoisotopic (exact) mass is 288 g/mol. The van der Waals surface area contributed by atoms with E-state index >= 15 is 0 Å². The lowest BCUT2D eigenvalue weighted by Crippen LogP contribution is -2.37. The first-order valence-corrected chi connectivity index (χ1v) is 6.17. The third-order valence-electron chi connectivity index (χ3n) is 2.56. The number of hydrogen-bond acceptors (Lipinski definition) is 4. The molecule has 1 amide bonds. The molecule has 1 aromatic rings. The summed E-state index contributed by atoms with van der Waals surface area (Å²) in [6.07, 6.45) is 0. The highest BCUT2D eigenvalue weighted by molar-refractivity contribution is 6.31. The van der Waals surface area contributed by atoms with Gasteiger partial charge in [-0.05, 0) is 13.8 Å². The van der Waals surface area contributed by atoms with E-state index in [1.807, 2.05) is 6.92 Å². The number of primary amides is 1. The van der Waals surface area contributed by atoms with E-state index in [1.165, 1.54) is 4.90 Å². The minimum Gasteiger partial charge on any atom is -0.480 e. The lowest BCUT2D eigenvalue weighted by molar-refractivity contribution is -0.138. The van der Waals surface area contributed by atoms with Gasteiger partial charge in [0.1, 0.15) is 0 Å². The van der Waals surface area contributed by atoms with E-state index in [-0.39, 0.29) is 19.6 Å². The van der Waals surface area contributed by atoms with Crippen molar-refractivity contribution in [2.75, 3.05) is 13.1 Å². The molecule has 8 heteroatoms. The molecule has 19 heavy (non-hydrogen) atoms. The van der Waals surface area contributed by atoms with Crippen LogP contribution in [0.15, 0.2) is 0 Å². The highest BCUT2D eigenvalue weighted by Gasteiger charge is 2.19. The van der Waals surface area contributed by atoms with Crippen LogP contribution in [0.1, 0.15) is 18.3 Å². The van der Waals surface area contributed by atoms with Crippen molar-refractivity contribution in [1.82, 2.24) is 14.7 Å². The number of carboxylic acid groups (broad SMARTS) is 1. The van der Waals surface area contributed by atoms with Crippen LogP contribution in [0, 0.1) is 6.92 Å². The van der Waals surface area contributed by atoms with Gasteiger partial charge in [0.25, 0.3) is 0 Å². The van der Waals surface area contributed by atoms with Gasteiger partial charge >= 0.3 is 5.97 Å². The van der Waals surface area contributed by atoms with Gasteiger partial charge in [0.15, 0.2) is 0 Å². The van der Waals surface area contributed by atoms with Crippen LogP contribution in [0.4, 0.5) is 0 Å². The Morgan fingerprint density at radius 2 is 2.11 bits per heavy atom. The standard InChI is InChI=1S/C11H17ClN4O3/c1-3-16-8(11(12)7(2)14-16)4-15(5-9(13)17)6-10(18)19/h3-6H2,1-2H3,(H2,13,17)(H,18,19). The van der Waals surface area contributed by atoms with E-state index in [0.717, 1.165) is 0 Å². The molecular weight excluding hydrogens is 272 g/mol. The van der Waals surface area contributed by atoms with E-state index < -0.39 is 11.9 Å². The van der Waals surface area contributed by atoms with E-state index in [9.17, 15) is 9.59 Å². The summed E-state index contributed by atoms with van der Waals surface area (Å²) in [6.45, 7) is 4.07. The maximum atomic E-state index is 11.0. The summed E-state index contributed by atoms with van der Waals surface area (Å²) in [5.41, 5.74) is 6.47. The number of carbonyl (C=O) groups is 2. The lowest BCUT2D eigenvalue weighted by atomic mass is 10.3. The average Bonchev–Trinajstić information content (AvgIpc) is 2.55. The van der Waals surface area contributed by atoms with Gasteiger partial charge in [0.2, 0.25) is 5.91 Å². The average molecular weight is 289 g/mol. The van der Waals surface area contributed by atoms with Crippen molar-refractivity contribution in [3.05, 3.63) is 16.4 Å². The van der Waals surface area contributed by atoms with Crippen molar-refractivity contribution < 1.29 is 14.7 Å². The second kappa shape index (κ2) is 6.53. The molecule has 1 aromatic heterocycles. The van der Waals surface area contributed by atoms with Crippen LogP contribution < -0.4 is 5.73 Å². The van der Waals surface area contributed by atoms with Gasteiger partial charge in [-0.2, -0.15) is 5.10 Å². The molecule has 7 nitrogen and oxygen atoms in total. The number of aryl methyl sites for hydroxylation is 2. The van der Waals surface area contributed by atoms with E-state index in [0.29, 0.717) is 23.0 Å². The molecule has 3 N–H and O–H groups in total. The van der Waals surface area contributed by atoms with Crippen LogP contribution in [0.2, 0.25) is 5.02 Å². The van der Waals surface area contributed by atoms with Crippen LogP contribution in [-0.4, -0.2) is 44.8 Å². The van der Waals surface area contributed by atoms with Crippen LogP contribution in [0.25, 0.3) is 0 Å². The Labute approximate surface area is 115 Å². The second-order valence-corrected chi connectivity index (χ2v) is 4.55. The van der Waals surface area contributed by atoms with Gasteiger partial charge in [-0.15, -0.1) is 0 Å². The molecule has 0 radical (unpaired) electrons. The molecule has 0 aromatic carbocycles. The summed E-state index contributed by atoms with van der Waals surface area (Å²) in [5, 5.41) is 13.5. The Bertz CT molecular complexity index is 471. The predicted molar refractivity (Wildman–Crippen MR) is 69.8 cm³/mol. The fraction of sp³-hybridized carbons (Fsp3) is 0.545. The van der Waals surface area contributed by atoms with Gasteiger partial charge in [0.05, 0.1) is 29.5 Å². The van der Waals surface area contributed by atoms with Crippen molar-refractivity contribution >= 4 is 23.5 Å². The minimum absolute atomic E-state index is 0.142. The molecule has 0 saturated carbocycles. The van der Waals surface area contributed by atoms with E-state index in [4.69, 9.17) is 22.4 Å². The largest absolute Gasteiger partial charge is 0.480 e. The van der Waals surface area contributed by atoms with Crippen molar-refractivity contribution in [2.24, 2.45) is 5.73 Å². The molecule has 0 aliphatic rings. The molecule has 1 rings (SSSR count). The Kier molecular flexibility index (Phi) is 5.31. The summed E-state index contributed by atoms with van der Waals surface area (Å²) in [6, 6.07) is 0. The Balaban J connectivity index is 2.94. The zero-order valence-corrected chi connectivity index (χ0v) is 11.6. The Hall–Kier alpha value is -1.60. The summed E-state index contributed by atoms with van der Waals surface area (Å²) in [7, 11) is 0. The summed E-state index contributed by atoms with van der Waals surface area (Å²) in [5.74, 6) is -1.62. The number of amides is 1. The number of hydrogen-bond donors (Lipinski definition) is 2. The second-order valence-electron chi connectivity index (χ2n) is 4.17. The molecule has 0 aliphatic carbocycles. The molecule has 0 saturated heterocycles. The number of aromatic nitrogens is 2. The predicted octanol–water partition coefficient (Wildman–Crippen LogP) is 0.237. The zero-order valence-electron chi connectivity index (χ0n) is 10.9. The minimum atomic E-state index is -1.03. The van der Waals surface area contributed by atoms with Gasteiger partial charge in [-0.3, -0.25) is 19.2 Å². The zero-order chi connectivity index (χ0) is 14.6. The summed E-state index contributed by atoms with van der Waals surface area (Å²) >= 11 is 6.14. The van der Waals surface area contributed by atoms with Crippen LogP contribution in [0.3, 0.4) is 0 Å². The van der Waals surface area contributed by atoms with Crippen LogP contribution in [-0.2, 0) is 22.7 Å². The molecule has 0 fully saturated rings. The summed E-state index contributed by atoms with van der Waals surface area (Å²) < 4.78 is 1.69. The molecular formula is C11H17ClN4O3. The van der Waals surface area contributed by atoms with Crippen LogP contribution in [0.5, 0.6) is 0 Å². The first kappa shape index (κ1) is 15.5. The topological polar surface area (TPSA) is 101 Å². The number of rotatable bonds is 7. The fourth-order valence-electron chi connectivity index (χ4n) is 1.81. The third-order valence-corrected chi connectivity index (χ3v) is 3.06. The van der Waals surface area contributed by atoms with E-state index in [1.54, 1.807) is 11.6 Å². The molecule has 0 aliphatic heterocycles. The van der Waals surface area contributed by atoms with Gasteiger partial charge in [-0.25, -0.2) is 0 Å². The molecule has 0 bridgehead atoms. The molecule has 0 unspecified atom stereocenters. The van der Waals surface area contributed by atoms with E-state index in [2.05, 4.69) is 5.10 Å².